The monoisotopic (exact) mass is 357 g/mol. The van der Waals surface area contributed by atoms with Gasteiger partial charge in [0, 0.05) is 31.5 Å². The summed E-state index contributed by atoms with van der Waals surface area (Å²) in [7, 11) is 0. The molecule has 2 aliphatic heterocycles. The lowest BCUT2D eigenvalue weighted by atomic mass is 10.1. The number of rotatable bonds is 4. The van der Waals surface area contributed by atoms with E-state index in [2.05, 4.69) is 19.9 Å². The van der Waals surface area contributed by atoms with Gasteiger partial charge in [0.2, 0.25) is 5.91 Å². The number of aryl methyl sites for hydroxylation is 3. The molecule has 0 saturated carbocycles. The molecule has 1 unspecified atom stereocenters. The molecule has 0 aliphatic carbocycles. The second-order valence-corrected chi connectivity index (χ2v) is 7.48. The molecule has 0 bridgehead atoms. The van der Waals surface area contributed by atoms with Crippen molar-refractivity contribution in [1.82, 2.24) is 24.8 Å². The largest absolute Gasteiger partial charge is 0.361 e. The number of likely N-dealkylation sites (tertiary alicyclic amines) is 1. The Kier molecular flexibility index (Phi) is 4.78. The van der Waals surface area contributed by atoms with Crippen LogP contribution in [0.15, 0.2) is 4.52 Å². The third-order valence-corrected chi connectivity index (χ3v) is 5.78. The first kappa shape index (κ1) is 17.2. The van der Waals surface area contributed by atoms with Gasteiger partial charge >= 0.3 is 0 Å². The SMILES string of the molecule is Cc1noc(C)c1CCC(=O)N1CCCC1c1nnc2n1CCCCC2. The Balaban J connectivity index is 1.48. The Hall–Kier alpha value is -2.18. The topological polar surface area (TPSA) is 77.1 Å². The van der Waals surface area contributed by atoms with E-state index >= 15 is 0 Å². The summed E-state index contributed by atoms with van der Waals surface area (Å²) in [5, 5.41) is 12.9. The molecule has 0 aromatic carbocycles. The van der Waals surface area contributed by atoms with E-state index < -0.39 is 0 Å². The van der Waals surface area contributed by atoms with Crippen LogP contribution >= 0.6 is 0 Å². The van der Waals surface area contributed by atoms with Crippen LogP contribution in [0.3, 0.4) is 0 Å². The highest BCUT2D eigenvalue weighted by Gasteiger charge is 2.34. The third kappa shape index (κ3) is 3.15. The molecule has 4 heterocycles. The van der Waals surface area contributed by atoms with Crippen LogP contribution in [-0.4, -0.2) is 37.3 Å². The summed E-state index contributed by atoms with van der Waals surface area (Å²) in [6, 6.07) is 0.0755. The van der Waals surface area contributed by atoms with Crippen LogP contribution in [0.1, 0.15) is 73.2 Å². The van der Waals surface area contributed by atoms with Gasteiger partial charge in [-0.1, -0.05) is 11.6 Å². The highest BCUT2D eigenvalue weighted by atomic mass is 16.5. The fraction of sp³-hybridized carbons (Fsp3) is 0.684. The van der Waals surface area contributed by atoms with Gasteiger partial charge in [-0.25, -0.2) is 0 Å². The molecule has 0 spiro atoms. The van der Waals surface area contributed by atoms with E-state index in [4.69, 9.17) is 4.52 Å². The molecule has 0 radical (unpaired) electrons. The first-order valence-electron chi connectivity index (χ1n) is 9.78. The average Bonchev–Trinajstić information content (AvgIpc) is 3.29. The van der Waals surface area contributed by atoms with E-state index in [0.717, 1.165) is 61.0 Å². The van der Waals surface area contributed by atoms with E-state index in [0.29, 0.717) is 12.8 Å². The predicted molar refractivity (Wildman–Crippen MR) is 95.6 cm³/mol. The van der Waals surface area contributed by atoms with Crippen molar-refractivity contribution in [1.29, 1.82) is 0 Å². The summed E-state index contributed by atoms with van der Waals surface area (Å²) >= 11 is 0. The van der Waals surface area contributed by atoms with E-state index in [-0.39, 0.29) is 11.9 Å². The van der Waals surface area contributed by atoms with E-state index in [9.17, 15) is 4.79 Å². The Morgan fingerprint density at radius 3 is 2.85 bits per heavy atom. The fourth-order valence-electron chi connectivity index (χ4n) is 4.32. The van der Waals surface area contributed by atoms with Gasteiger partial charge in [0.25, 0.3) is 0 Å². The molecule has 1 atom stereocenters. The van der Waals surface area contributed by atoms with Crippen molar-refractivity contribution in [2.45, 2.75) is 77.8 Å². The number of aromatic nitrogens is 4. The lowest BCUT2D eigenvalue weighted by molar-refractivity contribution is -0.132. The smallest absolute Gasteiger partial charge is 0.223 e. The van der Waals surface area contributed by atoms with Crippen LogP contribution < -0.4 is 0 Å². The molecule has 26 heavy (non-hydrogen) atoms. The summed E-state index contributed by atoms with van der Waals surface area (Å²) < 4.78 is 7.49. The van der Waals surface area contributed by atoms with Gasteiger partial charge in [0.15, 0.2) is 5.82 Å². The van der Waals surface area contributed by atoms with Gasteiger partial charge in [0.1, 0.15) is 11.6 Å². The average molecular weight is 357 g/mol. The molecule has 7 heteroatoms. The van der Waals surface area contributed by atoms with Crippen molar-refractivity contribution in [3.8, 4) is 0 Å². The van der Waals surface area contributed by atoms with Crippen molar-refractivity contribution in [2.75, 3.05) is 6.54 Å². The number of fused-ring (bicyclic) bond motifs is 1. The maximum Gasteiger partial charge on any atom is 0.223 e. The standard InChI is InChI=1S/C19H27N5O2/c1-13-15(14(2)26-22-13)9-10-18(25)23-12-6-7-16(23)19-21-20-17-8-4-3-5-11-24(17)19/h16H,3-12H2,1-2H3. The summed E-state index contributed by atoms with van der Waals surface area (Å²) in [6.07, 6.45) is 7.78. The van der Waals surface area contributed by atoms with Crippen LogP contribution in [0.25, 0.3) is 0 Å². The number of hydrogen-bond acceptors (Lipinski definition) is 5. The molecule has 1 fully saturated rings. The molecule has 1 amide bonds. The molecule has 7 nitrogen and oxygen atoms in total. The Morgan fingerprint density at radius 1 is 1.15 bits per heavy atom. The molecule has 1 saturated heterocycles. The Labute approximate surface area is 153 Å². The molecule has 0 N–H and O–H groups in total. The zero-order chi connectivity index (χ0) is 18.1. The minimum Gasteiger partial charge on any atom is -0.361 e. The minimum atomic E-state index is 0.0755. The highest BCUT2D eigenvalue weighted by Crippen LogP contribution is 2.33. The van der Waals surface area contributed by atoms with Gasteiger partial charge in [-0.3, -0.25) is 4.79 Å². The summed E-state index contributed by atoms with van der Waals surface area (Å²) in [5.74, 6) is 3.09. The fourth-order valence-corrected chi connectivity index (χ4v) is 4.32. The number of hydrogen-bond donors (Lipinski definition) is 0. The van der Waals surface area contributed by atoms with Gasteiger partial charge in [-0.2, -0.15) is 0 Å². The van der Waals surface area contributed by atoms with Crippen molar-refractivity contribution >= 4 is 5.91 Å². The Morgan fingerprint density at radius 2 is 2.04 bits per heavy atom. The molecule has 2 aliphatic rings. The lowest BCUT2D eigenvalue weighted by Gasteiger charge is -2.24. The van der Waals surface area contributed by atoms with Crippen molar-refractivity contribution in [3.05, 3.63) is 28.7 Å². The van der Waals surface area contributed by atoms with Crippen molar-refractivity contribution in [2.24, 2.45) is 0 Å². The van der Waals surface area contributed by atoms with E-state index in [1.54, 1.807) is 0 Å². The highest BCUT2D eigenvalue weighted by molar-refractivity contribution is 5.77. The summed E-state index contributed by atoms with van der Waals surface area (Å²) in [4.78, 5) is 14.9. The van der Waals surface area contributed by atoms with Gasteiger partial charge in [0.05, 0.1) is 11.7 Å². The maximum absolute atomic E-state index is 12.9. The predicted octanol–water partition coefficient (Wildman–Crippen LogP) is 2.91. The molecule has 2 aromatic heterocycles. The van der Waals surface area contributed by atoms with Crippen LogP contribution in [0, 0.1) is 13.8 Å². The molecular weight excluding hydrogens is 330 g/mol. The normalized spacial score (nSPS) is 20.2. The van der Waals surface area contributed by atoms with Gasteiger partial charge < -0.3 is 14.0 Å². The summed E-state index contributed by atoms with van der Waals surface area (Å²) in [5.41, 5.74) is 1.95. The van der Waals surface area contributed by atoms with Gasteiger partial charge in [-0.15, -0.1) is 10.2 Å². The molecular formula is C19H27N5O2. The first-order chi connectivity index (χ1) is 12.6. The first-order valence-corrected chi connectivity index (χ1v) is 9.78. The van der Waals surface area contributed by atoms with Crippen LogP contribution in [-0.2, 0) is 24.2 Å². The number of carbonyl (C=O) groups is 1. The molecule has 4 rings (SSSR count). The maximum atomic E-state index is 12.9. The second-order valence-electron chi connectivity index (χ2n) is 7.48. The van der Waals surface area contributed by atoms with Crippen LogP contribution in [0.5, 0.6) is 0 Å². The molecule has 140 valence electrons. The lowest BCUT2D eigenvalue weighted by Crippen LogP contribution is -2.32. The zero-order valence-electron chi connectivity index (χ0n) is 15.7. The summed E-state index contributed by atoms with van der Waals surface area (Å²) in [6.45, 7) is 5.63. The minimum absolute atomic E-state index is 0.0755. The number of amides is 1. The number of carbonyl (C=O) groups excluding carboxylic acids is 1. The zero-order valence-corrected chi connectivity index (χ0v) is 15.7. The van der Waals surface area contributed by atoms with Gasteiger partial charge in [-0.05, 0) is 46.0 Å². The van der Waals surface area contributed by atoms with Crippen molar-refractivity contribution < 1.29 is 9.32 Å². The van der Waals surface area contributed by atoms with Crippen LogP contribution in [0.4, 0.5) is 0 Å². The van der Waals surface area contributed by atoms with E-state index in [1.165, 1.54) is 19.3 Å². The second kappa shape index (κ2) is 7.21. The number of nitrogens with zero attached hydrogens (tertiary/aromatic N) is 5. The van der Waals surface area contributed by atoms with E-state index in [1.807, 2.05) is 18.7 Å². The van der Waals surface area contributed by atoms with Crippen molar-refractivity contribution in [3.63, 3.8) is 0 Å². The Bertz CT molecular complexity index is 774. The third-order valence-electron chi connectivity index (χ3n) is 5.78. The quantitative estimate of drug-likeness (QED) is 0.841. The molecule has 2 aromatic rings. The van der Waals surface area contributed by atoms with Crippen LogP contribution in [0.2, 0.25) is 0 Å².